The van der Waals surface area contributed by atoms with Gasteiger partial charge in [-0.05, 0) is 31.0 Å². The number of thioether (sulfide) groups is 1. The van der Waals surface area contributed by atoms with Gasteiger partial charge in [0.15, 0.2) is 11.5 Å². The topological polar surface area (TPSA) is 121 Å². The Bertz CT molecular complexity index is 856. The molecule has 0 radical (unpaired) electrons. The number of hydrogen-bond acceptors (Lipinski definition) is 8. The van der Waals surface area contributed by atoms with E-state index in [-0.39, 0.29) is 23.5 Å². The fourth-order valence-corrected chi connectivity index (χ4v) is 3.67. The number of carbonyl (C=O) groups excluding carboxylic acids is 2. The van der Waals surface area contributed by atoms with Crippen molar-refractivity contribution >= 4 is 23.6 Å². The number of piperidine rings is 1. The lowest BCUT2D eigenvalue weighted by Crippen LogP contribution is -2.44. The van der Waals surface area contributed by atoms with E-state index in [2.05, 4.69) is 10.2 Å². The average molecular weight is 406 g/mol. The number of nitrogens with zero attached hydrogens (tertiary/aromatic N) is 3. The highest BCUT2D eigenvalue weighted by atomic mass is 32.2. The van der Waals surface area contributed by atoms with Crippen molar-refractivity contribution in [2.24, 2.45) is 11.7 Å². The third-order valence-electron chi connectivity index (χ3n) is 4.53. The summed E-state index contributed by atoms with van der Waals surface area (Å²) in [4.78, 5) is 25.4. The number of benzene rings is 1. The van der Waals surface area contributed by atoms with Crippen molar-refractivity contribution in [3.8, 4) is 23.0 Å². The van der Waals surface area contributed by atoms with Crippen LogP contribution in [0.1, 0.15) is 12.8 Å². The Morgan fingerprint density at radius 1 is 1.29 bits per heavy atom. The molecular formula is C18H22N4O5S. The second-order valence-electron chi connectivity index (χ2n) is 6.31. The van der Waals surface area contributed by atoms with Gasteiger partial charge in [-0.1, -0.05) is 11.8 Å². The van der Waals surface area contributed by atoms with Gasteiger partial charge in [0.05, 0.1) is 25.9 Å². The minimum absolute atomic E-state index is 0.0817. The minimum atomic E-state index is -0.360. The van der Waals surface area contributed by atoms with Crippen LogP contribution in [0.2, 0.25) is 0 Å². The fourth-order valence-electron chi connectivity index (χ4n) is 3.00. The van der Waals surface area contributed by atoms with Gasteiger partial charge >= 0.3 is 0 Å². The van der Waals surface area contributed by atoms with Crippen LogP contribution < -0.4 is 15.2 Å². The average Bonchev–Trinajstić information content (AvgIpc) is 3.20. The summed E-state index contributed by atoms with van der Waals surface area (Å²) < 4.78 is 16.1. The van der Waals surface area contributed by atoms with Crippen LogP contribution in [0.4, 0.5) is 0 Å². The molecule has 0 saturated carbocycles. The smallest absolute Gasteiger partial charge is 0.277 e. The number of carbonyl (C=O) groups is 2. The molecule has 0 bridgehead atoms. The van der Waals surface area contributed by atoms with E-state index in [1.54, 1.807) is 37.3 Å². The lowest BCUT2D eigenvalue weighted by atomic mass is 9.97. The fraction of sp³-hybridized carbons (Fsp3) is 0.444. The van der Waals surface area contributed by atoms with E-state index in [1.807, 2.05) is 0 Å². The van der Waals surface area contributed by atoms with E-state index in [9.17, 15) is 9.59 Å². The predicted molar refractivity (Wildman–Crippen MR) is 102 cm³/mol. The van der Waals surface area contributed by atoms with Crippen molar-refractivity contribution in [3.05, 3.63) is 18.2 Å². The van der Waals surface area contributed by atoms with E-state index in [0.29, 0.717) is 41.3 Å². The Morgan fingerprint density at radius 3 is 2.79 bits per heavy atom. The highest BCUT2D eigenvalue weighted by molar-refractivity contribution is 7.99. The van der Waals surface area contributed by atoms with E-state index in [1.165, 1.54) is 0 Å². The van der Waals surface area contributed by atoms with Crippen molar-refractivity contribution in [2.75, 3.05) is 33.1 Å². The van der Waals surface area contributed by atoms with Crippen molar-refractivity contribution < 1.29 is 23.5 Å². The summed E-state index contributed by atoms with van der Waals surface area (Å²) >= 11 is 1.16. The van der Waals surface area contributed by atoms with Crippen LogP contribution in [-0.4, -0.2) is 60.0 Å². The quantitative estimate of drug-likeness (QED) is 0.688. The van der Waals surface area contributed by atoms with Crippen LogP contribution in [0.25, 0.3) is 11.5 Å². The molecule has 2 aromatic rings. The van der Waals surface area contributed by atoms with Crippen LogP contribution in [0.5, 0.6) is 11.5 Å². The molecule has 150 valence electrons. The molecule has 1 aromatic carbocycles. The summed E-state index contributed by atoms with van der Waals surface area (Å²) in [5.41, 5.74) is 6.04. The van der Waals surface area contributed by atoms with Crippen molar-refractivity contribution in [1.82, 2.24) is 15.1 Å². The monoisotopic (exact) mass is 406 g/mol. The van der Waals surface area contributed by atoms with Gasteiger partial charge in [0, 0.05) is 18.7 Å². The molecule has 1 atom stereocenters. The molecule has 1 aliphatic rings. The molecule has 0 unspecified atom stereocenters. The SMILES string of the molecule is COc1ccc(-c2nnc(SCC(=O)N3CCC[C@H](C(N)=O)C3)o2)cc1OC. The number of likely N-dealkylation sites (tertiary alicyclic amines) is 1. The van der Waals surface area contributed by atoms with Crippen molar-refractivity contribution in [1.29, 1.82) is 0 Å². The third-order valence-corrected chi connectivity index (χ3v) is 5.34. The zero-order valence-electron chi connectivity index (χ0n) is 15.7. The number of ether oxygens (including phenoxy) is 2. The molecule has 0 aliphatic carbocycles. The highest BCUT2D eigenvalue weighted by Gasteiger charge is 2.27. The van der Waals surface area contributed by atoms with Gasteiger partial charge in [0.2, 0.25) is 17.7 Å². The molecule has 1 aliphatic heterocycles. The Labute approximate surface area is 166 Å². The predicted octanol–water partition coefficient (Wildman–Crippen LogP) is 1.57. The summed E-state index contributed by atoms with van der Waals surface area (Å²) in [6, 6.07) is 5.27. The van der Waals surface area contributed by atoms with Crippen molar-refractivity contribution in [2.45, 2.75) is 18.1 Å². The first-order valence-electron chi connectivity index (χ1n) is 8.77. The first kappa shape index (κ1) is 20.0. The Balaban J connectivity index is 1.60. The second-order valence-corrected chi connectivity index (χ2v) is 7.24. The minimum Gasteiger partial charge on any atom is -0.493 e. The first-order valence-corrected chi connectivity index (χ1v) is 9.76. The number of rotatable bonds is 7. The Kier molecular flexibility index (Phi) is 6.40. The maximum atomic E-state index is 12.4. The maximum absolute atomic E-state index is 12.4. The summed E-state index contributed by atoms with van der Waals surface area (Å²) in [7, 11) is 3.11. The molecule has 1 aromatic heterocycles. The van der Waals surface area contributed by atoms with Crippen LogP contribution in [-0.2, 0) is 9.59 Å². The number of primary amides is 1. The van der Waals surface area contributed by atoms with Gasteiger partial charge in [-0.2, -0.15) is 0 Å². The van der Waals surface area contributed by atoms with Crippen LogP contribution >= 0.6 is 11.8 Å². The molecule has 2 heterocycles. The van der Waals surface area contributed by atoms with E-state index < -0.39 is 0 Å². The lowest BCUT2D eigenvalue weighted by Gasteiger charge is -2.31. The third kappa shape index (κ3) is 4.56. The zero-order chi connectivity index (χ0) is 20.1. The molecule has 2 amide bonds. The van der Waals surface area contributed by atoms with Gasteiger partial charge < -0.3 is 24.5 Å². The van der Waals surface area contributed by atoms with E-state index in [4.69, 9.17) is 19.6 Å². The van der Waals surface area contributed by atoms with Gasteiger partial charge in [-0.3, -0.25) is 9.59 Å². The number of amides is 2. The lowest BCUT2D eigenvalue weighted by molar-refractivity contribution is -0.132. The normalized spacial score (nSPS) is 16.6. The number of aromatic nitrogens is 2. The van der Waals surface area contributed by atoms with Gasteiger partial charge in [-0.25, -0.2) is 0 Å². The molecule has 0 spiro atoms. The Morgan fingerprint density at radius 2 is 2.07 bits per heavy atom. The summed E-state index contributed by atoms with van der Waals surface area (Å²) in [5, 5.41) is 8.30. The molecule has 1 fully saturated rings. The largest absolute Gasteiger partial charge is 0.493 e. The molecule has 3 rings (SSSR count). The van der Waals surface area contributed by atoms with Crippen molar-refractivity contribution in [3.63, 3.8) is 0 Å². The van der Waals surface area contributed by atoms with Crippen LogP contribution in [0, 0.1) is 5.92 Å². The maximum Gasteiger partial charge on any atom is 0.277 e. The Hall–Kier alpha value is -2.75. The van der Waals surface area contributed by atoms with E-state index in [0.717, 1.165) is 24.6 Å². The van der Waals surface area contributed by atoms with Gasteiger partial charge in [0.1, 0.15) is 0 Å². The number of methoxy groups -OCH3 is 2. The number of hydrogen-bond donors (Lipinski definition) is 1. The summed E-state index contributed by atoms with van der Waals surface area (Å²) in [5.74, 6) is 0.909. The summed E-state index contributed by atoms with van der Waals surface area (Å²) in [6.45, 7) is 0.999. The molecule has 28 heavy (non-hydrogen) atoms. The molecule has 10 heteroatoms. The second kappa shape index (κ2) is 8.96. The number of nitrogens with two attached hydrogens (primary N) is 1. The summed E-state index contributed by atoms with van der Waals surface area (Å²) in [6.07, 6.45) is 1.50. The molecule has 9 nitrogen and oxygen atoms in total. The van der Waals surface area contributed by atoms with Crippen LogP contribution in [0.15, 0.2) is 27.8 Å². The van der Waals surface area contributed by atoms with Gasteiger partial charge in [0.25, 0.3) is 5.22 Å². The molecular weight excluding hydrogens is 384 g/mol. The molecule has 1 saturated heterocycles. The van der Waals surface area contributed by atoms with E-state index >= 15 is 0 Å². The van der Waals surface area contributed by atoms with Gasteiger partial charge in [-0.15, -0.1) is 10.2 Å². The highest BCUT2D eigenvalue weighted by Crippen LogP contribution is 2.32. The zero-order valence-corrected chi connectivity index (χ0v) is 16.5. The van der Waals surface area contributed by atoms with Crippen LogP contribution in [0.3, 0.4) is 0 Å². The standard InChI is InChI=1S/C18H22N4O5S/c1-25-13-6-5-11(8-14(13)26-2)17-20-21-18(27-17)28-10-15(23)22-7-3-4-12(9-22)16(19)24/h5-6,8,12H,3-4,7,9-10H2,1-2H3,(H2,19,24)/t12-/m0/s1. The molecule has 2 N–H and O–H groups in total. The first-order chi connectivity index (χ1) is 13.5.